The Labute approximate surface area is 195 Å². The maximum Gasteiger partial charge on any atom is 0.0862 e. The highest BCUT2D eigenvalue weighted by Crippen LogP contribution is 2.09. The van der Waals surface area contributed by atoms with Crippen LogP contribution in [0.1, 0.15) is 129 Å². The van der Waals surface area contributed by atoms with Crippen molar-refractivity contribution < 1.29 is 14.2 Å². The van der Waals surface area contributed by atoms with Crippen molar-refractivity contribution in [3.63, 3.8) is 0 Å². The zero-order valence-electron chi connectivity index (χ0n) is 21.1. The van der Waals surface area contributed by atoms with Crippen LogP contribution in [0.5, 0.6) is 0 Å². The van der Waals surface area contributed by atoms with Gasteiger partial charge in [-0.3, -0.25) is 0 Å². The van der Waals surface area contributed by atoms with E-state index in [0.29, 0.717) is 0 Å². The molecule has 0 aromatic rings. The van der Waals surface area contributed by atoms with Crippen LogP contribution in [0.25, 0.3) is 0 Å². The van der Waals surface area contributed by atoms with Gasteiger partial charge in [0.25, 0.3) is 0 Å². The van der Waals surface area contributed by atoms with Crippen LogP contribution in [-0.2, 0) is 14.2 Å². The molecule has 0 radical (unpaired) electrons. The average molecular weight is 439 g/mol. The summed E-state index contributed by atoms with van der Waals surface area (Å²) >= 11 is 0. The van der Waals surface area contributed by atoms with Crippen LogP contribution in [0.15, 0.2) is 24.7 Å². The molecule has 0 unspecified atom stereocenters. The smallest absolute Gasteiger partial charge is 0.0862 e. The second-order valence-corrected chi connectivity index (χ2v) is 8.63. The molecule has 0 aliphatic heterocycles. The second-order valence-electron chi connectivity index (χ2n) is 8.63. The maximum absolute atomic E-state index is 5.67. The van der Waals surface area contributed by atoms with E-state index in [2.05, 4.69) is 13.8 Å². The van der Waals surface area contributed by atoms with Crippen molar-refractivity contribution in [1.29, 1.82) is 0 Å². The van der Waals surface area contributed by atoms with Gasteiger partial charge in [0.05, 0.1) is 25.7 Å². The molecule has 0 atom stereocenters. The van der Waals surface area contributed by atoms with E-state index in [9.17, 15) is 0 Å². The molecule has 0 aromatic carbocycles. The van der Waals surface area contributed by atoms with Crippen LogP contribution in [-0.4, -0.2) is 26.4 Å². The summed E-state index contributed by atoms with van der Waals surface area (Å²) in [6, 6.07) is 0. The third-order valence-electron chi connectivity index (χ3n) is 5.49. The summed E-state index contributed by atoms with van der Waals surface area (Å²) < 4.78 is 16.7. The van der Waals surface area contributed by atoms with Gasteiger partial charge in [-0.25, -0.2) is 0 Å². The molecule has 31 heavy (non-hydrogen) atoms. The van der Waals surface area contributed by atoms with Gasteiger partial charge in [0.15, 0.2) is 0 Å². The fourth-order valence-corrected chi connectivity index (χ4v) is 3.48. The third-order valence-corrected chi connectivity index (χ3v) is 5.49. The van der Waals surface area contributed by atoms with E-state index in [0.717, 1.165) is 39.3 Å². The zero-order valence-corrected chi connectivity index (χ0v) is 21.1. The molecule has 0 N–H and O–H groups in total. The van der Waals surface area contributed by atoms with Crippen LogP contribution in [0, 0.1) is 0 Å². The minimum atomic E-state index is 0.784. The van der Waals surface area contributed by atoms with Gasteiger partial charge in [-0.15, -0.1) is 0 Å². The molecule has 0 aromatic heterocycles. The molecule has 0 fully saturated rings. The topological polar surface area (TPSA) is 27.7 Å². The van der Waals surface area contributed by atoms with Crippen LogP contribution in [0.3, 0.4) is 0 Å². The standard InChI is InChI=1S/C28H54O3/c1-3-5-7-9-11-13-15-17-23-29-25-19-21-27-31-28-22-20-26-30-24-18-16-14-12-10-8-6-4-2/h21-22,27-28H,3-20,23-26H2,1-2H3. The third kappa shape index (κ3) is 29.2. The van der Waals surface area contributed by atoms with Gasteiger partial charge in [0.2, 0.25) is 0 Å². The van der Waals surface area contributed by atoms with Crippen molar-refractivity contribution in [2.75, 3.05) is 26.4 Å². The van der Waals surface area contributed by atoms with Gasteiger partial charge < -0.3 is 14.2 Å². The summed E-state index contributed by atoms with van der Waals surface area (Å²) in [4.78, 5) is 0. The molecule has 0 amide bonds. The van der Waals surface area contributed by atoms with Gasteiger partial charge >= 0.3 is 0 Å². The highest BCUT2D eigenvalue weighted by molar-refractivity contribution is 4.79. The largest absolute Gasteiger partial charge is 0.473 e. The van der Waals surface area contributed by atoms with Gasteiger partial charge in [-0.2, -0.15) is 0 Å². The maximum atomic E-state index is 5.67. The highest BCUT2D eigenvalue weighted by atomic mass is 16.5. The first-order chi connectivity index (χ1) is 15.4. The summed E-state index contributed by atoms with van der Waals surface area (Å²) in [7, 11) is 0. The first-order valence-electron chi connectivity index (χ1n) is 13.5. The molecule has 0 bridgehead atoms. The number of hydrogen-bond acceptors (Lipinski definition) is 3. The lowest BCUT2D eigenvalue weighted by atomic mass is 10.1. The monoisotopic (exact) mass is 438 g/mol. The van der Waals surface area contributed by atoms with Crippen molar-refractivity contribution in [2.45, 2.75) is 129 Å². The van der Waals surface area contributed by atoms with Gasteiger partial charge in [-0.05, 0) is 37.8 Å². The average Bonchev–Trinajstić information content (AvgIpc) is 2.78. The van der Waals surface area contributed by atoms with E-state index in [-0.39, 0.29) is 0 Å². The Morgan fingerprint density at radius 3 is 1.16 bits per heavy atom. The molecule has 3 nitrogen and oxygen atoms in total. The number of ether oxygens (including phenoxy) is 3. The van der Waals surface area contributed by atoms with E-state index < -0.39 is 0 Å². The molecular weight excluding hydrogens is 384 g/mol. The molecule has 184 valence electrons. The number of hydrogen-bond donors (Lipinski definition) is 0. The second kappa shape index (κ2) is 29.2. The van der Waals surface area contributed by atoms with Gasteiger partial charge in [0.1, 0.15) is 0 Å². The Balaban J connectivity index is 3.14. The zero-order chi connectivity index (χ0) is 22.5. The van der Waals surface area contributed by atoms with E-state index in [4.69, 9.17) is 14.2 Å². The van der Waals surface area contributed by atoms with E-state index in [1.54, 1.807) is 12.5 Å². The lowest BCUT2D eigenvalue weighted by Crippen LogP contribution is -1.96. The lowest BCUT2D eigenvalue weighted by molar-refractivity contribution is 0.133. The minimum Gasteiger partial charge on any atom is -0.473 e. The lowest BCUT2D eigenvalue weighted by Gasteiger charge is -2.03. The predicted octanol–water partition coefficient (Wildman–Crippen LogP) is 9.13. The Bertz CT molecular complexity index is 331. The van der Waals surface area contributed by atoms with Crippen LogP contribution >= 0.6 is 0 Å². The Morgan fingerprint density at radius 1 is 0.419 bits per heavy atom. The van der Waals surface area contributed by atoms with Crippen LogP contribution in [0.2, 0.25) is 0 Å². The number of unbranched alkanes of at least 4 members (excludes halogenated alkanes) is 14. The Morgan fingerprint density at radius 2 is 0.774 bits per heavy atom. The van der Waals surface area contributed by atoms with E-state index in [1.165, 1.54) is 103 Å². The summed E-state index contributed by atoms with van der Waals surface area (Å²) in [6.07, 6.45) is 30.9. The normalized spacial score (nSPS) is 11.8. The fraction of sp³-hybridized carbons (Fsp3) is 0.857. The van der Waals surface area contributed by atoms with Gasteiger partial charge in [-0.1, -0.05) is 104 Å². The molecule has 0 rings (SSSR count). The van der Waals surface area contributed by atoms with E-state index in [1.807, 2.05) is 12.2 Å². The summed E-state index contributed by atoms with van der Waals surface area (Å²) in [6.45, 7) is 7.89. The fourth-order valence-electron chi connectivity index (χ4n) is 3.48. The van der Waals surface area contributed by atoms with Crippen molar-refractivity contribution in [3.05, 3.63) is 24.7 Å². The predicted molar refractivity (Wildman–Crippen MR) is 135 cm³/mol. The van der Waals surface area contributed by atoms with Crippen LogP contribution in [0.4, 0.5) is 0 Å². The van der Waals surface area contributed by atoms with Crippen molar-refractivity contribution in [1.82, 2.24) is 0 Å². The van der Waals surface area contributed by atoms with E-state index >= 15 is 0 Å². The molecule has 0 spiro atoms. The quantitative estimate of drug-likeness (QED) is 0.0995. The molecular formula is C28H54O3. The molecule has 0 saturated carbocycles. The van der Waals surface area contributed by atoms with Crippen molar-refractivity contribution >= 4 is 0 Å². The Kier molecular flexibility index (Phi) is 28.4. The first kappa shape index (κ1) is 30.2. The molecule has 0 aliphatic carbocycles. The highest BCUT2D eigenvalue weighted by Gasteiger charge is 1.93. The minimum absolute atomic E-state index is 0.784. The van der Waals surface area contributed by atoms with Crippen molar-refractivity contribution in [2.24, 2.45) is 0 Å². The van der Waals surface area contributed by atoms with Crippen molar-refractivity contribution in [3.8, 4) is 0 Å². The SMILES string of the molecule is CCCCCCCCCCOCCC=COC=CCCOCCCCCCCCCC. The Hall–Kier alpha value is -0.800. The molecule has 0 aliphatic rings. The van der Waals surface area contributed by atoms with Crippen LogP contribution < -0.4 is 0 Å². The molecule has 0 saturated heterocycles. The first-order valence-corrected chi connectivity index (χ1v) is 13.5. The summed E-state index contributed by atoms with van der Waals surface area (Å²) in [5, 5.41) is 0. The molecule has 0 heterocycles. The number of rotatable bonds is 26. The summed E-state index contributed by atoms with van der Waals surface area (Å²) in [5.74, 6) is 0. The van der Waals surface area contributed by atoms with Gasteiger partial charge in [0, 0.05) is 13.2 Å². The summed E-state index contributed by atoms with van der Waals surface area (Å²) in [5.41, 5.74) is 0. The molecule has 3 heteroatoms.